The summed E-state index contributed by atoms with van der Waals surface area (Å²) in [6, 6.07) is 0. The summed E-state index contributed by atoms with van der Waals surface area (Å²) in [6.07, 6.45) is 13.7. The molecule has 5 heteroatoms. The van der Waals surface area contributed by atoms with Crippen LogP contribution in [0.5, 0.6) is 0 Å². The maximum atomic E-state index is 13.1. The van der Waals surface area contributed by atoms with E-state index in [1.54, 1.807) is 0 Å². The van der Waals surface area contributed by atoms with Gasteiger partial charge in [-0.3, -0.25) is 14.4 Å². The Morgan fingerprint density at radius 1 is 0.829 bits per heavy atom. The van der Waals surface area contributed by atoms with Gasteiger partial charge in [-0.1, -0.05) is 92.2 Å². The van der Waals surface area contributed by atoms with Crippen LogP contribution in [0.3, 0.4) is 0 Å². The summed E-state index contributed by atoms with van der Waals surface area (Å²) in [5.74, 6) is -1.18. The van der Waals surface area contributed by atoms with Crippen LogP contribution < -0.4 is 0 Å². The van der Waals surface area contributed by atoms with Crippen molar-refractivity contribution in [1.29, 1.82) is 0 Å². The van der Waals surface area contributed by atoms with Crippen molar-refractivity contribution in [1.82, 2.24) is 0 Å². The molecule has 1 aliphatic rings. The number of allylic oxidation sites excluding steroid dienone is 3. The molecular weight excluding hydrogens is 440 g/mol. The number of ether oxygens (including phenoxy) is 2. The van der Waals surface area contributed by atoms with Crippen molar-refractivity contribution in [3.63, 3.8) is 0 Å². The quantitative estimate of drug-likeness (QED) is 0.183. The number of carbonyl (C=O) groups excluding carboxylic acids is 3. The molecule has 0 fully saturated rings. The third-order valence-electron chi connectivity index (χ3n) is 7.22. The molecule has 0 amide bonds. The van der Waals surface area contributed by atoms with Crippen molar-refractivity contribution in [3.05, 3.63) is 23.8 Å². The molecule has 5 nitrogen and oxygen atoms in total. The van der Waals surface area contributed by atoms with Crippen LogP contribution in [-0.4, -0.2) is 31.9 Å². The highest BCUT2D eigenvalue weighted by Gasteiger charge is 2.47. The standard InChI is InChI=1S/C30H50O5/c1-20(2)12-9-14-22(5)15-11-17-24-19-26(31)28(30(33)35-8)25(27(24)29(32)34-7)18-23(6)16-10-13-21(3)4/h11,17,19-23,25,27-28H,9-10,12-16,18H2,1-8H3/b17-11+/t22?,23?,25-,27-,28?/m0/s1. The van der Waals surface area contributed by atoms with E-state index in [1.165, 1.54) is 33.1 Å². The molecule has 0 spiro atoms. The lowest BCUT2D eigenvalue weighted by atomic mass is 9.67. The number of ketones is 1. The molecule has 0 aliphatic heterocycles. The van der Waals surface area contributed by atoms with E-state index < -0.39 is 29.7 Å². The summed E-state index contributed by atoms with van der Waals surface area (Å²) in [4.78, 5) is 38.7. The van der Waals surface area contributed by atoms with Gasteiger partial charge in [0.05, 0.1) is 20.1 Å². The Balaban J connectivity index is 3.11. The predicted molar refractivity (Wildman–Crippen MR) is 142 cm³/mol. The van der Waals surface area contributed by atoms with Gasteiger partial charge >= 0.3 is 11.9 Å². The van der Waals surface area contributed by atoms with Gasteiger partial charge < -0.3 is 9.47 Å². The van der Waals surface area contributed by atoms with Crippen LogP contribution in [0.25, 0.3) is 0 Å². The van der Waals surface area contributed by atoms with Crippen molar-refractivity contribution in [3.8, 4) is 0 Å². The van der Waals surface area contributed by atoms with E-state index in [1.807, 2.05) is 6.08 Å². The summed E-state index contributed by atoms with van der Waals surface area (Å²) in [5.41, 5.74) is 0.649. The van der Waals surface area contributed by atoms with Crippen LogP contribution in [0.1, 0.15) is 92.9 Å². The zero-order chi connectivity index (χ0) is 26.5. The molecule has 0 heterocycles. The van der Waals surface area contributed by atoms with Crippen LogP contribution in [0.2, 0.25) is 0 Å². The minimum Gasteiger partial charge on any atom is -0.469 e. The Morgan fingerprint density at radius 3 is 1.86 bits per heavy atom. The highest BCUT2D eigenvalue weighted by Crippen LogP contribution is 2.40. The molecule has 0 saturated carbocycles. The molecule has 3 unspecified atom stereocenters. The third-order valence-corrected chi connectivity index (χ3v) is 7.22. The van der Waals surface area contributed by atoms with E-state index in [-0.39, 0.29) is 11.7 Å². The first kappa shape index (κ1) is 31.1. The second kappa shape index (κ2) is 16.0. The number of hydrogen-bond acceptors (Lipinski definition) is 5. The van der Waals surface area contributed by atoms with Crippen molar-refractivity contribution in [2.45, 2.75) is 92.9 Å². The summed E-state index contributed by atoms with van der Waals surface area (Å²) >= 11 is 0. The lowest BCUT2D eigenvalue weighted by Gasteiger charge is -2.35. The maximum Gasteiger partial charge on any atom is 0.316 e. The zero-order valence-electron chi connectivity index (χ0n) is 23.5. The molecule has 1 aliphatic carbocycles. The fourth-order valence-corrected chi connectivity index (χ4v) is 5.16. The molecule has 0 bridgehead atoms. The molecule has 0 N–H and O–H groups in total. The minimum atomic E-state index is -0.969. The molecule has 0 saturated heterocycles. The first-order valence-electron chi connectivity index (χ1n) is 13.6. The van der Waals surface area contributed by atoms with Gasteiger partial charge in [-0.15, -0.1) is 0 Å². The van der Waals surface area contributed by atoms with Gasteiger partial charge in [0.1, 0.15) is 5.92 Å². The normalized spacial score (nSPS) is 22.4. The first-order valence-corrected chi connectivity index (χ1v) is 13.6. The molecule has 0 aromatic heterocycles. The highest BCUT2D eigenvalue weighted by atomic mass is 16.5. The van der Waals surface area contributed by atoms with E-state index in [2.05, 4.69) is 47.6 Å². The Labute approximate surface area is 214 Å². The van der Waals surface area contributed by atoms with E-state index >= 15 is 0 Å². The van der Waals surface area contributed by atoms with Crippen molar-refractivity contribution >= 4 is 17.7 Å². The van der Waals surface area contributed by atoms with Gasteiger partial charge in [0, 0.05) is 0 Å². The lowest BCUT2D eigenvalue weighted by molar-refractivity contribution is -0.155. The first-order chi connectivity index (χ1) is 16.5. The Hall–Kier alpha value is -1.91. The Bertz CT molecular complexity index is 733. The molecular formula is C30H50O5. The second-order valence-corrected chi connectivity index (χ2v) is 11.4. The average molecular weight is 491 g/mol. The smallest absolute Gasteiger partial charge is 0.316 e. The molecule has 0 aromatic rings. The van der Waals surface area contributed by atoms with Crippen LogP contribution in [0, 0.1) is 41.4 Å². The van der Waals surface area contributed by atoms with Crippen LogP contribution in [0.4, 0.5) is 0 Å². The minimum absolute atomic E-state index is 0.273. The number of hydrogen-bond donors (Lipinski definition) is 0. The molecule has 5 atom stereocenters. The third kappa shape index (κ3) is 10.7. The molecule has 0 aromatic carbocycles. The number of esters is 2. The van der Waals surface area contributed by atoms with E-state index in [9.17, 15) is 14.4 Å². The van der Waals surface area contributed by atoms with Crippen molar-refractivity contribution < 1.29 is 23.9 Å². The van der Waals surface area contributed by atoms with E-state index in [0.29, 0.717) is 29.7 Å². The van der Waals surface area contributed by atoms with Gasteiger partial charge in [0.25, 0.3) is 0 Å². The summed E-state index contributed by atoms with van der Waals surface area (Å²) in [6.45, 7) is 13.3. The van der Waals surface area contributed by atoms with E-state index in [4.69, 9.17) is 9.47 Å². The van der Waals surface area contributed by atoms with Gasteiger partial charge in [-0.2, -0.15) is 0 Å². The largest absolute Gasteiger partial charge is 0.469 e. The molecule has 0 radical (unpaired) electrons. The summed E-state index contributed by atoms with van der Waals surface area (Å²) < 4.78 is 10.2. The molecule has 200 valence electrons. The second-order valence-electron chi connectivity index (χ2n) is 11.4. The van der Waals surface area contributed by atoms with Crippen LogP contribution in [-0.2, 0) is 23.9 Å². The summed E-state index contributed by atoms with van der Waals surface area (Å²) in [7, 11) is 2.67. The maximum absolute atomic E-state index is 13.1. The fourth-order valence-electron chi connectivity index (χ4n) is 5.16. The van der Waals surface area contributed by atoms with Gasteiger partial charge in [0.2, 0.25) is 0 Å². The lowest BCUT2D eigenvalue weighted by Crippen LogP contribution is -2.43. The average Bonchev–Trinajstić information content (AvgIpc) is 2.77. The van der Waals surface area contributed by atoms with Gasteiger partial charge in [-0.25, -0.2) is 0 Å². The zero-order valence-corrected chi connectivity index (χ0v) is 23.5. The molecule has 35 heavy (non-hydrogen) atoms. The molecule has 1 rings (SSSR count). The summed E-state index contributed by atoms with van der Waals surface area (Å²) in [5, 5.41) is 0. The SMILES string of the molecule is COC(=O)C1C(=O)C=C(/C=C/CC(C)CCCC(C)C)[C@H](C(=O)OC)[C@@H]1CC(C)CCCC(C)C. The van der Waals surface area contributed by atoms with Crippen molar-refractivity contribution in [2.75, 3.05) is 14.2 Å². The Kier molecular flexibility index (Phi) is 14.2. The topological polar surface area (TPSA) is 69.7 Å². The number of carbonyl (C=O) groups is 3. The predicted octanol–water partition coefficient (Wildman–Crippen LogP) is 6.95. The number of rotatable bonds is 15. The fraction of sp³-hybridized carbons (Fsp3) is 0.767. The van der Waals surface area contributed by atoms with Gasteiger partial charge in [0.15, 0.2) is 5.78 Å². The van der Waals surface area contributed by atoms with Crippen LogP contribution in [0.15, 0.2) is 23.8 Å². The highest BCUT2D eigenvalue weighted by molar-refractivity contribution is 6.08. The number of methoxy groups -OCH3 is 2. The van der Waals surface area contributed by atoms with E-state index in [0.717, 1.165) is 32.1 Å². The van der Waals surface area contributed by atoms with Crippen LogP contribution >= 0.6 is 0 Å². The van der Waals surface area contributed by atoms with Crippen molar-refractivity contribution in [2.24, 2.45) is 41.4 Å². The van der Waals surface area contributed by atoms with Gasteiger partial charge in [-0.05, 0) is 54.1 Å². The monoisotopic (exact) mass is 490 g/mol. The Morgan fingerprint density at radius 2 is 1.34 bits per heavy atom.